The van der Waals surface area contributed by atoms with Gasteiger partial charge in [-0.2, -0.15) is 0 Å². The van der Waals surface area contributed by atoms with E-state index in [1.807, 2.05) is 19.1 Å². The summed E-state index contributed by atoms with van der Waals surface area (Å²) in [4.78, 5) is 0. The first-order chi connectivity index (χ1) is 8.91. The van der Waals surface area contributed by atoms with Crippen LogP contribution in [0.4, 0.5) is 8.78 Å². The van der Waals surface area contributed by atoms with Gasteiger partial charge in [0.15, 0.2) is 0 Å². The van der Waals surface area contributed by atoms with Gasteiger partial charge in [-0.05, 0) is 58.2 Å². The minimum absolute atomic E-state index is 0.129. The zero-order chi connectivity index (χ0) is 14.2. The SMILES string of the molecule is Cc1ccc(Br)cc1C(N)c1c(F)ccc(Br)c1F. The lowest BCUT2D eigenvalue weighted by atomic mass is 9.95. The fraction of sp³-hybridized carbons (Fsp3) is 0.143. The van der Waals surface area contributed by atoms with E-state index in [1.54, 1.807) is 6.07 Å². The maximum absolute atomic E-state index is 14.1. The average Bonchev–Trinajstić information content (AvgIpc) is 2.37. The third-order valence-electron chi connectivity index (χ3n) is 2.97. The number of hydrogen-bond donors (Lipinski definition) is 1. The Morgan fingerprint density at radius 2 is 1.79 bits per heavy atom. The lowest BCUT2D eigenvalue weighted by molar-refractivity contribution is 0.539. The van der Waals surface area contributed by atoms with Crippen LogP contribution in [0.2, 0.25) is 0 Å². The van der Waals surface area contributed by atoms with Crippen LogP contribution in [0.1, 0.15) is 22.7 Å². The number of benzene rings is 2. The van der Waals surface area contributed by atoms with Gasteiger partial charge in [0.1, 0.15) is 11.6 Å². The van der Waals surface area contributed by atoms with Crippen molar-refractivity contribution in [1.29, 1.82) is 0 Å². The van der Waals surface area contributed by atoms with Crippen LogP contribution in [0.15, 0.2) is 39.3 Å². The van der Waals surface area contributed by atoms with Crippen molar-refractivity contribution in [2.24, 2.45) is 5.73 Å². The van der Waals surface area contributed by atoms with Crippen molar-refractivity contribution in [3.05, 3.63) is 67.6 Å². The second kappa shape index (κ2) is 5.69. The molecule has 100 valence electrons. The highest BCUT2D eigenvalue weighted by Gasteiger charge is 2.21. The van der Waals surface area contributed by atoms with Crippen molar-refractivity contribution in [3.63, 3.8) is 0 Å². The van der Waals surface area contributed by atoms with Crippen molar-refractivity contribution in [2.75, 3.05) is 0 Å². The summed E-state index contributed by atoms with van der Waals surface area (Å²) in [6.07, 6.45) is 0. The Balaban J connectivity index is 2.59. The van der Waals surface area contributed by atoms with E-state index in [4.69, 9.17) is 5.73 Å². The first-order valence-corrected chi connectivity index (χ1v) is 7.15. The Hall–Kier alpha value is -0.780. The van der Waals surface area contributed by atoms with Gasteiger partial charge < -0.3 is 5.73 Å². The molecule has 1 unspecified atom stereocenters. The highest BCUT2D eigenvalue weighted by atomic mass is 79.9. The molecule has 2 aromatic rings. The van der Waals surface area contributed by atoms with E-state index in [-0.39, 0.29) is 10.0 Å². The van der Waals surface area contributed by atoms with Crippen LogP contribution in [-0.4, -0.2) is 0 Å². The van der Waals surface area contributed by atoms with Crippen molar-refractivity contribution in [2.45, 2.75) is 13.0 Å². The van der Waals surface area contributed by atoms with E-state index in [0.717, 1.165) is 10.0 Å². The fourth-order valence-electron chi connectivity index (χ4n) is 1.93. The van der Waals surface area contributed by atoms with Gasteiger partial charge in [-0.15, -0.1) is 0 Å². The maximum Gasteiger partial charge on any atom is 0.145 e. The summed E-state index contributed by atoms with van der Waals surface area (Å²) in [5.41, 5.74) is 7.48. The number of rotatable bonds is 2. The lowest BCUT2D eigenvalue weighted by Gasteiger charge is -2.17. The van der Waals surface area contributed by atoms with Crippen molar-refractivity contribution in [1.82, 2.24) is 0 Å². The molecule has 2 rings (SSSR count). The number of hydrogen-bond acceptors (Lipinski definition) is 1. The molecule has 0 aromatic heterocycles. The smallest absolute Gasteiger partial charge is 0.145 e. The van der Waals surface area contributed by atoms with Gasteiger partial charge in [-0.1, -0.05) is 22.0 Å². The summed E-state index contributed by atoms with van der Waals surface area (Å²) >= 11 is 6.38. The summed E-state index contributed by atoms with van der Waals surface area (Å²) < 4.78 is 28.9. The Morgan fingerprint density at radius 3 is 2.47 bits per heavy atom. The van der Waals surface area contributed by atoms with Gasteiger partial charge in [0, 0.05) is 10.0 Å². The third-order valence-corrected chi connectivity index (χ3v) is 4.07. The number of aryl methyl sites for hydroxylation is 1. The van der Waals surface area contributed by atoms with Gasteiger partial charge in [-0.25, -0.2) is 8.78 Å². The molecular formula is C14H11Br2F2N. The Labute approximate surface area is 127 Å². The molecule has 0 saturated carbocycles. The summed E-state index contributed by atoms with van der Waals surface area (Å²) in [6.45, 7) is 1.86. The molecule has 0 aliphatic rings. The van der Waals surface area contributed by atoms with Crippen LogP contribution in [0.3, 0.4) is 0 Å². The first kappa shape index (κ1) is 14.6. The predicted octanol–water partition coefficient (Wildman–Crippen LogP) is 4.85. The highest BCUT2D eigenvalue weighted by Crippen LogP contribution is 2.31. The van der Waals surface area contributed by atoms with E-state index in [9.17, 15) is 8.78 Å². The van der Waals surface area contributed by atoms with Gasteiger partial charge in [0.2, 0.25) is 0 Å². The largest absolute Gasteiger partial charge is 0.320 e. The van der Waals surface area contributed by atoms with Gasteiger partial charge in [-0.3, -0.25) is 0 Å². The molecule has 1 atom stereocenters. The van der Waals surface area contributed by atoms with E-state index >= 15 is 0 Å². The molecule has 0 bridgehead atoms. The monoisotopic (exact) mass is 389 g/mol. The highest BCUT2D eigenvalue weighted by molar-refractivity contribution is 9.10. The Bertz CT molecular complexity index is 629. The van der Waals surface area contributed by atoms with E-state index < -0.39 is 17.7 Å². The van der Waals surface area contributed by atoms with Crippen LogP contribution in [0.25, 0.3) is 0 Å². The number of nitrogens with two attached hydrogens (primary N) is 1. The van der Waals surface area contributed by atoms with Gasteiger partial charge >= 0.3 is 0 Å². The third kappa shape index (κ3) is 2.88. The lowest BCUT2D eigenvalue weighted by Crippen LogP contribution is -2.17. The van der Waals surface area contributed by atoms with Crippen LogP contribution < -0.4 is 5.73 Å². The first-order valence-electron chi connectivity index (χ1n) is 5.57. The summed E-state index contributed by atoms with van der Waals surface area (Å²) in [7, 11) is 0. The van der Waals surface area contributed by atoms with Crippen LogP contribution in [-0.2, 0) is 0 Å². The topological polar surface area (TPSA) is 26.0 Å². The fourth-order valence-corrected chi connectivity index (χ4v) is 2.65. The molecular weight excluding hydrogens is 380 g/mol. The van der Waals surface area contributed by atoms with Crippen molar-refractivity contribution in [3.8, 4) is 0 Å². The summed E-state index contributed by atoms with van der Waals surface area (Å²) in [6, 6.07) is 7.17. The second-order valence-electron chi connectivity index (χ2n) is 4.24. The van der Waals surface area contributed by atoms with Crippen LogP contribution in [0.5, 0.6) is 0 Å². The maximum atomic E-state index is 14.1. The van der Waals surface area contributed by atoms with Gasteiger partial charge in [0.25, 0.3) is 0 Å². The summed E-state index contributed by atoms with van der Waals surface area (Å²) in [5.74, 6) is -1.31. The van der Waals surface area contributed by atoms with Gasteiger partial charge in [0.05, 0.1) is 10.5 Å². The molecule has 0 heterocycles. The zero-order valence-electron chi connectivity index (χ0n) is 10.1. The van der Waals surface area contributed by atoms with Crippen molar-refractivity contribution >= 4 is 31.9 Å². The predicted molar refractivity (Wildman–Crippen MR) is 79.0 cm³/mol. The normalized spacial score (nSPS) is 12.5. The molecule has 0 amide bonds. The van der Waals surface area contributed by atoms with Crippen LogP contribution in [0, 0.1) is 18.6 Å². The molecule has 0 aliphatic carbocycles. The molecule has 0 aliphatic heterocycles. The van der Waals surface area contributed by atoms with E-state index in [2.05, 4.69) is 31.9 Å². The molecule has 2 N–H and O–H groups in total. The minimum atomic E-state index is -0.852. The van der Waals surface area contributed by atoms with Crippen molar-refractivity contribution < 1.29 is 8.78 Å². The number of halogens is 4. The molecule has 0 radical (unpaired) electrons. The second-order valence-corrected chi connectivity index (χ2v) is 6.01. The van der Waals surface area contributed by atoms with E-state index in [0.29, 0.717) is 5.56 Å². The molecule has 1 nitrogen and oxygen atoms in total. The van der Waals surface area contributed by atoms with E-state index in [1.165, 1.54) is 12.1 Å². The Morgan fingerprint density at radius 1 is 1.11 bits per heavy atom. The summed E-state index contributed by atoms with van der Waals surface area (Å²) in [5, 5.41) is 0. The minimum Gasteiger partial charge on any atom is -0.320 e. The Kier molecular flexibility index (Phi) is 4.38. The van der Waals surface area contributed by atoms with Crippen LogP contribution >= 0.6 is 31.9 Å². The molecule has 0 fully saturated rings. The average molecular weight is 391 g/mol. The molecule has 2 aromatic carbocycles. The molecule has 0 saturated heterocycles. The standard InChI is InChI=1S/C14H11Br2F2N/c1-7-2-3-8(15)6-9(7)14(19)12-11(17)5-4-10(16)13(12)18/h2-6,14H,19H2,1H3. The zero-order valence-corrected chi connectivity index (χ0v) is 13.2. The molecule has 19 heavy (non-hydrogen) atoms. The quantitative estimate of drug-likeness (QED) is 0.729. The molecule has 5 heteroatoms. The molecule has 0 spiro atoms.